The van der Waals surface area contributed by atoms with Gasteiger partial charge in [-0.3, -0.25) is 0 Å². The molecule has 3 heteroatoms. The Labute approximate surface area is 77.1 Å². The van der Waals surface area contributed by atoms with Gasteiger partial charge in [-0.15, -0.1) is 11.8 Å². The van der Waals surface area contributed by atoms with Crippen LogP contribution in [0.4, 0.5) is 0 Å². The van der Waals surface area contributed by atoms with Crippen molar-refractivity contribution in [3.63, 3.8) is 0 Å². The average Bonchev–Trinajstić information content (AvgIpc) is 2.16. The molecule has 0 saturated carbocycles. The maximum Gasteiger partial charge on any atom is 0.119 e. The van der Waals surface area contributed by atoms with Crippen molar-refractivity contribution in [1.29, 1.82) is 0 Å². The summed E-state index contributed by atoms with van der Waals surface area (Å²) < 4.78 is 5.09. The SMILES string of the molecule is COc1ccc(SC)c(CN)c1. The molecule has 0 bridgehead atoms. The zero-order valence-corrected chi connectivity index (χ0v) is 8.15. The van der Waals surface area contributed by atoms with E-state index in [9.17, 15) is 0 Å². The number of hydrogen-bond acceptors (Lipinski definition) is 3. The molecule has 0 spiro atoms. The quantitative estimate of drug-likeness (QED) is 0.727. The normalized spacial score (nSPS) is 9.92. The maximum absolute atomic E-state index is 5.58. The zero-order chi connectivity index (χ0) is 8.97. The van der Waals surface area contributed by atoms with E-state index in [2.05, 4.69) is 0 Å². The summed E-state index contributed by atoms with van der Waals surface area (Å²) >= 11 is 1.70. The second kappa shape index (κ2) is 4.38. The van der Waals surface area contributed by atoms with Crippen LogP contribution in [0.1, 0.15) is 5.56 Å². The van der Waals surface area contributed by atoms with Crippen molar-refractivity contribution in [3.05, 3.63) is 23.8 Å². The van der Waals surface area contributed by atoms with Crippen LogP contribution in [0.5, 0.6) is 5.75 Å². The molecule has 0 unspecified atom stereocenters. The van der Waals surface area contributed by atoms with Gasteiger partial charge < -0.3 is 10.5 Å². The minimum Gasteiger partial charge on any atom is -0.497 e. The molecule has 0 amide bonds. The molecular weight excluding hydrogens is 170 g/mol. The van der Waals surface area contributed by atoms with E-state index < -0.39 is 0 Å². The van der Waals surface area contributed by atoms with Gasteiger partial charge in [0.15, 0.2) is 0 Å². The van der Waals surface area contributed by atoms with Gasteiger partial charge in [0.25, 0.3) is 0 Å². The summed E-state index contributed by atoms with van der Waals surface area (Å²) in [4.78, 5) is 1.22. The van der Waals surface area contributed by atoms with Crippen molar-refractivity contribution in [2.45, 2.75) is 11.4 Å². The summed E-state index contributed by atoms with van der Waals surface area (Å²) in [6.07, 6.45) is 2.04. The van der Waals surface area contributed by atoms with Gasteiger partial charge in [0.1, 0.15) is 5.75 Å². The summed E-state index contributed by atoms with van der Waals surface area (Å²) in [5.41, 5.74) is 6.72. The van der Waals surface area contributed by atoms with Crippen molar-refractivity contribution in [3.8, 4) is 5.75 Å². The Morgan fingerprint density at radius 2 is 2.25 bits per heavy atom. The van der Waals surface area contributed by atoms with Crippen LogP contribution in [0.3, 0.4) is 0 Å². The van der Waals surface area contributed by atoms with Crippen LogP contribution < -0.4 is 10.5 Å². The minimum atomic E-state index is 0.563. The Kier molecular flexibility index (Phi) is 3.44. The second-order valence-electron chi connectivity index (χ2n) is 2.38. The lowest BCUT2D eigenvalue weighted by Gasteiger charge is -2.06. The Morgan fingerprint density at radius 3 is 2.75 bits per heavy atom. The first-order valence-electron chi connectivity index (χ1n) is 3.72. The summed E-state index contributed by atoms with van der Waals surface area (Å²) in [6.45, 7) is 0.563. The number of nitrogens with two attached hydrogens (primary N) is 1. The molecule has 12 heavy (non-hydrogen) atoms. The van der Waals surface area contributed by atoms with E-state index in [0.29, 0.717) is 6.54 Å². The number of methoxy groups -OCH3 is 1. The summed E-state index contributed by atoms with van der Waals surface area (Å²) in [6, 6.07) is 5.96. The van der Waals surface area contributed by atoms with Crippen LogP contribution in [0.15, 0.2) is 23.1 Å². The van der Waals surface area contributed by atoms with Crippen molar-refractivity contribution < 1.29 is 4.74 Å². The third-order valence-corrected chi connectivity index (χ3v) is 2.55. The van der Waals surface area contributed by atoms with Gasteiger partial charge in [0.05, 0.1) is 7.11 Å². The number of ether oxygens (including phenoxy) is 1. The molecule has 1 rings (SSSR count). The second-order valence-corrected chi connectivity index (χ2v) is 3.23. The molecule has 0 aliphatic heterocycles. The maximum atomic E-state index is 5.58. The molecule has 0 saturated heterocycles. The standard InChI is InChI=1S/C9H13NOS/c1-11-8-3-4-9(12-2)7(5-8)6-10/h3-5H,6,10H2,1-2H3. The fourth-order valence-electron chi connectivity index (χ4n) is 1.04. The van der Waals surface area contributed by atoms with Crippen LogP contribution in [0, 0.1) is 0 Å². The number of hydrogen-bond donors (Lipinski definition) is 1. The summed E-state index contributed by atoms with van der Waals surface area (Å²) in [5.74, 6) is 0.869. The summed E-state index contributed by atoms with van der Waals surface area (Å²) in [5, 5.41) is 0. The lowest BCUT2D eigenvalue weighted by Crippen LogP contribution is -1.98. The lowest BCUT2D eigenvalue weighted by atomic mass is 10.2. The molecule has 0 aromatic heterocycles. The molecule has 66 valence electrons. The van der Waals surface area contributed by atoms with E-state index in [4.69, 9.17) is 10.5 Å². The average molecular weight is 183 g/mol. The highest BCUT2D eigenvalue weighted by Gasteiger charge is 2.00. The molecule has 0 heterocycles. The van der Waals surface area contributed by atoms with Gasteiger partial charge in [-0.1, -0.05) is 0 Å². The fourth-order valence-corrected chi connectivity index (χ4v) is 1.65. The lowest BCUT2D eigenvalue weighted by molar-refractivity contribution is 0.414. The van der Waals surface area contributed by atoms with Gasteiger partial charge in [-0.05, 0) is 30.0 Å². The van der Waals surface area contributed by atoms with Gasteiger partial charge in [0, 0.05) is 11.4 Å². The van der Waals surface area contributed by atoms with E-state index in [1.54, 1.807) is 18.9 Å². The molecule has 2 nitrogen and oxygen atoms in total. The first-order chi connectivity index (χ1) is 5.81. The van der Waals surface area contributed by atoms with Gasteiger partial charge in [-0.2, -0.15) is 0 Å². The smallest absolute Gasteiger partial charge is 0.119 e. The Balaban J connectivity index is 3.02. The first kappa shape index (κ1) is 9.42. The minimum absolute atomic E-state index is 0.563. The Morgan fingerprint density at radius 1 is 1.50 bits per heavy atom. The van der Waals surface area contributed by atoms with E-state index in [1.165, 1.54) is 4.90 Å². The van der Waals surface area contributed by atoms with Gasteiger partial charge >= 0.3 is 0 Å². The predicted molar refractivity (Wildman–Crippen MR) is 52.7 cm³/mol. The molecule has 1 aromatic rings. The van der Waals surface area contributed by atoms with E-state index in [0.717, 1.165) is 11.3 Å². The van der Waals surface area contributed by atoms with Crippen LogP contribution >= 0.6 is 11.8 Å². The van der Waals surface area contributed by atoms with E-state index >= 15 is 0 Å². The molecule has 2 N–H and O–H groups in total. The monoisotopic (exact) mass is 183 g/mol. The Hall–Kier alpha value is -0.670. The van der Waals surface area contributed by atoms with Gasteiger partial charge in [0.2, 0.25) is 0 Å². The van der Waals surface area contributed by atoms with Crippen LogP contribution in [0.25, 0.3) is 0 Å². The highest BCUT2D eigenvalue weighted by Crippen LogP contribution is 2.24. The molecule has 0 atom stereocenters. The van der Waals surface area contributed by atoms with Crippen molar-refractivity contribution in [2.24, 2.45) is 5.73 Å². The molecule has 0 fully saturated rings. The first-order valence-corrected chi connectivity index (χ1v) is 4.95. The largest absolute Gasteiger partial charge is 0.497 e. The van der Waals surface area contributed by atoms with E-state index in [1.807, 2.05) is 24.5 Å². The zero-order valence-electron chi connectivity index (χ0n) is 7.33. The number of rotatable bonds is 3. The topological polar surface area (TPSA) is 35.2 Å². The molecule has 0 aliphatic rings. The van der Waals surface area contributed by atoms with Crippen molar-refractivity contribution >= 4 is 11.8 Å². The number of benzene rings is 1. The van der Waals surface area contributed by atoms with E-state index in [-0.39, 0.29) is 0 Å². The number of thioether (sulfide) groups is 1. The third kappa shape index (κ3) is 1.93. The third-order valence-electron chi connectivity index (χ3n) is 1.71. The summed E-state index contributed by atoms with van der Waals surface area (Å²) in [7, 11) is 1.66. The van der Waals surface area contributed by atoms with Crippen LogP contribution in [-0.2, 0) is 6.54 Å². The van der Waals surface area contributed by atoms with Gasteiger partial charge in [-0.25, -0.2) is 0 Å². The predicted octanol–water partition coefficient (Wildman–Crippen LogP) is 1.88. The molecule has 1 aromatic carbocycles. The highest BCUT2D eigenvalue weighted by atomic mass is 32.2. The van der Waals surface area contributed by atoms with Crippen molar-refractivity contribution in [2.75, 3.05) is 13.4 Å². The Bertz CT molecular complexity index is 263. The van der Waals surface area contributed by atoms with Crippen molar-refractivity contribution in [1.82, 2.24) is 0 Å². The molecular formula is C9H13NOS. The molecule has 0 radical (unpaired) electrons. The van der Waals surface area contributed by atoms with Crippen LogP contribution in [0.2, 0.25) is 0 Å². The fraction of sp³-hybridized carbons (Fsp3) is 0.333. The molecule has 0 aliphatic carbocycles. The highest BCUT2D eigenvalue weighted by molar-refractivity contribution is 7.98. The van der Waals surface area contributed by atoms with Crippen LogP contribution in [-0.4, -0.2) is 13.4 Å².